The molecule has 0 aromatic heterocycles. The number of carbonyl (C=O) groups excluding carboxylic acids is 2. The molecule has 4 heteroatoms. The number of nitrogens with one attached hydrogen (secondary N) is 2. The van der Waals surface area contributed by atoms with E-state index in [0.29, 0.717) is 5.56 Å². The van der Waals surface area contributed by atoms with Crippen LogP contribution in [-0.2, 0) is 11.2 Å². The molecule has 2 N–H and O–H groups in total. The van der Waals surface area contributed by atoms with E-state index >= 15 is 0 Å². The summed E-state index contributed by atoms with van der Waals surface area (Å²) in [6, 6.07) is 14.9. The highest BCUT2D eigenvalue weighted by molar-refractivity contribution is 5.99. The van der Waals surface area contributed by atoms with Crippen LogP contribution >= 0.6 is 0 Å². The van der Waals surface area contributed by atoms with Crippen LogP contribution in [0.15, 0.2) is 48.5 Å². The Morgan fingerprint density at radius 1 is 1.05 bits per heavy atom. The van der Waals surface area contributed by atoms with Gasteiger partial charge in [-0.3, -0.25) is 9.59 Å². The molecule has 0 saturated heterocycles. The Morgan fingerprint density at radius 2 is 1.77 bits per heavy atom. The SMILES string of the molecule is CCc1ccc(NC(=O)CNC(=O)c2cccc(C)c2)cc1. The van der Waals surface area contributed by atoms with E-state index in [4.69, 9.17) is 0 Å². The first-order valence-electron chi connectivity index (χ1n) is 7.32. The van der Waals surface area contributed by atoms with E-state index in [1.165, 1.54) is 5.56 Å². The highest BCUT2D eigenvalue weighted by Gasteiger charge is 2.08. The number of aryl methyl sites for hydroxylation is 2. The van der Waals surface area contributed by atoms with Gasteiger partial charge in [0.25, 0.3) is 5.91 Å². The van der Waals surface area contributed by atoms with Gasteiger partial charge in [-0.25, -0.2) is 0 Å². The van der Waals surface area contributed by atoms with Gasteiger partial charge in [-0.2, -0.15) is 0 Å². The normalized spacial score (nSPS) is 10.1. The van der Waals surface area contributed by atoms with E-state index in [9.17, 15) is 9.59 Å². The van der Waals surface area contributed by atoms with Crippen LogP contribution in [0.5, 0.6) is 0 Å². The van der Waals surface area contributed by atoms with Crippen LogP contribution in [0.25, 0.3) is 0 Å². The number of rotatable bonds is 5. The molecule has 0 saturated carbocycles. The van der Waals surface area contributed by atoms with E-state index in [0.717, 1.165) is 17.7 Å². The fourth-order valence-electron chi connectivity index (χ4n) is 2.08. The van der Waals surface area contributed by atoms with Crippen molar-refractivity contribution in [2.45, 2.75) is 20.3 Å². The number of hydrogen-bond acceptors (Lipinski definition) is 2. The van der Waals surface area contributed by atoms with Crippen molar-refractivity contribution in [1.29, 1.82) is 0 Å². The van der Waals surface area contributed by atoms with Crippen molar-refractivity contribution in [3.05, 3.63) is 65.2 Å². The average molecular weight is 296 g/mol. The summed E-state index contributed by atoms with van der Waals surface area (Å²) in [4.78, 5) is 23.8. The van der Waals surface area contributed by atoms with Gasteiger partial charge in [-0.05, 0) is 43.2 Å². The van der Waals surface area contributed by atoms with E-state index in [1.54, 1.807) is 12.1 Å². The minimum atomic E-state index is -0.250. The van der Waals surface area contributed by atoms with Gasteiger partial charge in [-0.15, -0.1) is 0 Å². The highest BCUT2D eigenvalue weighted by atomic mass is 16.2. The van der Waals surface area contributed by atoms with Crippen molar-refractivity contribution in [3.63, 3.8) is 0 Å². The van der Waals surface area contributed by atoms with Gasteiger partial charge in [0.2, 0.25) is 5.91 Å². The Hall–Kier alpha value is -2.62. The van der Waals surface area contributed by atoms with Crippen LogP contribution < -0.4 is 10.6 Å². The van der Waals surface area contributed by atoms with Crippen LogP contribution in [0, 0.1) is 6.92 Å². The lowest BCUT2D eigenvalue weighted by Gasteiger charge is -2.08. The maximum absolute atomic E-state index is 11.9. The van der Waals surface area contributed by atoms with Gasteiger partial charge in [0.15, 0.2) is 0 Å². The summed E-state index contributed by atoms with van der Waals surface area (Å²) >= 11 is 0. The maximum Gasteiger partial charge on any atom is 0.251 e. The average Bonchev–Trinajstić information content (AvgIpc) is 2.53. The van der Waals surface area contributed by atoms with E-state index in [-0.39, 0.29) is 18.4 Å². The summed E-state index contributed by atoms with van der Waals surface area (Å²) in [6.07, 6.45) is 0.959. The van der Waals surface area contributed by atoms with Crippen molar-refractivity contribution in [2.24, 2.45) is 0 Å². The van der Waals surface area contributed by atoms with Gasteiger partial charge in [0.05, 0.1) is 6.54 Å². The van der Waals surface area contributed by atoms with Crippen molar-refractivity contribution in [3.8, 4) is 0 Å². The van der Waals surface area contributed by atoms with Crippen LogP contribution in [0.3, 0.4) is 0 Å². The van der Waals surface area contributed by atoms with Gasteiger partial charge < -0.3 is 10.6 Å². The second kappa shape index (κ2) is 7.41. The lowest BCUT2D eigenvalue weighted by molar-refractivity contribution is -0.115. The second-order valence-corrected chi connectivity index (χ2v) is 5.15. The number of amides is 2. The Labute approximate surface area is 130 Å². The molecule has 0 bridgehead atoms. The van der Waals surface area contributed by atoms with Crippen LogP contribution in [0.1, 0.15) is 28.4 Å². The molecule has 0 atom stereocenters. The van der Waals surface area contributed by atoms with Gasteiger partial charge >= 0.3 is 0 Å². The molecule has 22 heavy (non-hydrogen) atoms. The Balaban J connectivity index is 1.85. The quantitative estimate of drug-likeness (QED) is 0.891. The summed E-state index contributed by atoms with van der Waals surface area (Å²) in [7, 11) is 0. The van der Waals surface area contributed by atoms with E-state index in [1.807, 2.05) is 43.3 Å². The number of carbonyl (C=O) groups is 2. The number of benzene rings is 2. The summed E-state index contributed by atoms with van der Waals surface area (Å²) in [5.74, 6) is -0.495. The van der Waals surface area contributed by atoms with Crippen LogP contribution in [0.4, 0.5) is 5.69 Å². The molecule has 2 amide bonds. The molecular formula is C18H20N2O2. The minimum Gasteiger partial charge on any atom is -0.343 e. The van der Waals surface area contributed by atoms with Gasteiger partial charge in [0, 0.05) is 11.3 Å². The minimum absolute atomic E-state index is 0.0533. The molecule has 2 aromatic carbocycles. The molecular weight excluding hydrogens is 276 g/mol. The van der Waals surface area contributed by atoms with Crippen LogP contribution in [-0.4, -0.2) is 18.4 Å². The smallest absolute Gasteiger partial charge is 0.251 e. The fraction of sp³-hybridized carbons (Fsp3) is 0.222. The molecule has 0 fully saturated rings. The first-order valence-corrected chi connectivity index (χ1v) is 7.32. The van der Waals surface area contributed by atoms with Gasteiger partial charge in [-0.1, -0.05) is 36.8 Å². The first-order chi connectivity index (χ1) is 10.6. The highest BCUT2D eigenvalue weighted by Crippen LogP contribution is 2.09. The molecule has 0 aliphatic heterocycles. The van der Waals surface area contributed by atoms with Crippen molar-refractivity contribution in [1.82, 2.24) is 5.32 Å². The lowest BCUT2D eigenvalue weighted by Crippen LogP contribution is -2.32. The third kappa shape index (κ3) is 4.45. The molecule has 0 radical (unpaired) electrons. The molecule has 4 nitrogen and oxygen atoms in total. The summed E-state index contributed by atoms with van der Waals surface area (Å²) in [6.45, 7) is 3.94. The Kier molecular flexibility index (Phi) is 5.31. The predicted octanol–water partition coefficient (Wildman–Crippen LogP) is 2.93. The zero-order valence-corrected chi connectivity index (χ0v) is 12.8. The molecule has 0 heterocycles. The third-order valence-corrected chi connectivity index (χ3v) is 3.34. The molecule has 0 aliphatic rings. The first kappa shape index (κ1) is 15.8. The molecule has 2 aromatic rings. The lowest BCUT2D eigenvalue weighted by atomic mass is 10.1. The van der Waals surface area contributed by atoms with Crippen molar-refractivity contribution < 1.29 is 9.59 Å². The summed E-state index contributed by atoms with van der Waals surface area (Å²) in [5, 5.41) is 5.38. The Bertz CT molecular complexity index is 663. The summed E-state index contributed by atoms with van der Waals surface area (Å²) < 4.78 is 0. The fourth-order valence-corrected chi connectivity index (χ4v) is 2.08. The molecule has 0 aliphatic carbocycles. The molecule has 114 valence electrons. The van der Waals surface area contributed by atoms with E-state index < -0.39 is 0 Å². The maximum atomic E-state index is 11.9. The van der Waals surface area contributed by atoms with E-state index in [2.05, 4.69) is 17.6 Å². The van der Waals surface area contributed by atoms with Crippen molar-refractivity contribution in [2.75, 3.05) is 11.9 Å². The standard InChI is InChI=1S/C18H20N2O2/c1-3-14-7-9-16(10-8-14)20-17(21)12-19-18(22)15-6-4-5-13(2)11-15/h4-11H,3,12H2,1-2H3,(H,19,22)(H,20,21). The zero-order chi connectivity index (χ0) is 15.9. The predicted molar refractivity (Wildman–Crippen MR) is 88.0 cm³/mol. The number of anilines is 1. The molecule has 2 rings (SSSR count). The van der Waals surface area contributed by atoms with Gasteiger partial charge in [0.1, 0.15) is 0 Å². The largest absolute Gasteiger partial charge is 0.343 e. The third-order valence-electron chi connectivity index (χ3n) is 3.34. The molecule has 0 unspecified atom stereocenters. The summed E-state index contributed by atoms with van der Waals surface area (Å²) in [5.41, 5.74) is 3.51. The molecule has 0 spiro atoms. The van der Waals surface area contributed by atoms with Crippen LogP contribution in [0.2, 0.25) is 0 Å². The zero-order valence-electron chi connectivity index (χ0n) is 12.8. The number of hydrogen-bond donors (Lipinski definition) is 2. The van der Waals surface area contributed by atoms with Crippen molar-refractivity contribution >= 4 is 17.5 Å². The second-order valence-electron chi connectivity index (χ2n) is 5.15. The Morgan fingerprint density at radius 3 is 2.41 bits per heavy atom. The topological polar surface area (TPSA) is 58.2 Å². The monoisotopic (exact) mass is 296 g/mol.